The van der Waals surface area contributed by atoms with E-state index in [2.05, 4.69) is 40.8 Å². The normalized spacial score (nSPS) is 11.3. The monoisotopic (exact) mass is 269 g/mol. The van der Waals surface area contributed by atoms with Gasteiger partial charge in [-0.15, -0.1) is 0 Å². The lowest BCUT2D eigenvalue weighted by Crippen LogP contribution is -2.07. The molecule has 0 amide bonds. The minimum absolute atomic E-state index is 0.743. The third-order valence-electron chi connectivity index (χ3n) is 3.75. The van der Waals surface area contributed by atoms with Crippen LogP contribution in [0.4, 0.5) is 0 Å². The summed E-state index contributed by atoms with van der Waals surface area (Å²) in [5.74, 6) is 0.984. The first-order valence-electron chi connectivity index (χ1n) is 6.81. The number of nitrogens with zero attached hydrogens (tertiary/aromatic N) is 2. The molecule has 4 nitrogen and oxygen atoms in total. The zero-order valence-corrected chi connectivity index (χ0v) is 12.1. The van der Waals surface area contributed by atoms with E-state index in [1.165, 1.54) is 22.2 Å². The number of hydrogen-bond donors (Lipinski definition) is 1. The van der Waals surface area contributed by atoms with E-state index in [-0.39, 0.29) is 0 Å². The van der Waals surface area contributed by atoms with Crippen LogP contribution < -0.4 is 5.32 Å². The first-order valence-corrected chi connectivity index (χ1v) is 6.81. The quantitative estimate of drug-likeness (QED) is 0.791. The number of aryl methyl sites for hydroxylation is 2. The molecule has 104 valence electrons. The smallest absolute Gasteiger partial charge is 0.122 e. The van der Waals surface area contributed by atoms with Crippen LogP contribution in [0.1, 0.15) is 22.5 Å². The third-order valence-corrected chi connectivity index (χ3v) is 3.75. The fraction of sp³-hybridized carbons (Fsp3) is 0.312. The Hall–Kier alpha value is -2.07. The maximum atomic E-state index is 5.51. The van der Waals surface area contributed by atoms with Crippen LogP contribution >= 0.6 is 0 Å². The van der Waals surface area contributed by atoms with Gasteiger partial charge in [0.15, 0.2) is 0 Å². The van der Waals surface area contributed by atoms with Crippen LogP contribution in [0.25, 0.3) is 11.0 Å². The van der Waals surface area contributed by atoms with Gasteiger partial charge >= 0.3 is 0 Å². The van der Waals surface area contributed by atoms with Gasteiger partial charge in [-0.2, -0.15) is 0 Å². The first kappa shape index (κ1) is 12.9. The maximum absolute atomic E-state index is 5.51. The largest absolute Gasteiger partial charge is 0.468 e. The second kappa shape index (κ2) is 5.13. The molecule has 0 radical (unpaired) electrons. The molecule has 0 saturated heterocycles. The van der Waals surface area contributed by atoms with E-state index in [0.29, 0.717) is 0 Å². The van der Waals surface area contributed by atoms with Crippen LogP contribution in [-0.4, -0.2) is 16.6 Å². The summed E-state index contributed by atoms with van der Waals surface area (Å²) in [6.07, 6.45) is 3.65. The fourth-order valence-electron chi connectivity index (χ4n) is 2.45. The molecule has 3 aromatic rings. The summed E-state index contributed by atoms with van der Waals surface area (Å²) in [7, 11) is 1.92. The summed E-state index contributed by atoms with van der Waals surface area (Å²) in [5, 5.41) is 3.13. The minimum Gasteiger partial charge on any atom is -0.468 e. The van der Waals surface area contributed by atoms with Gasteiger partial charge in [-0.3, -0.25) is 0 Å². The van der Waals surface area contributed by atoms with Crippen molar-refractivity contribution in [3.8, 4) is 0 Å². The lowest BCUT2D eigenvalue weighted by Gasteiger charge is -2.06. The molecule has 0 spiro atoms. The lowest BCUT2D eigenvalue weighted by atomic mass is 10.1. The predicted octanol–water partition coefficient (Wildman–Crippen LogP) is 3.01. The van der Waals surface area contributed by atoms with Gasteiger partial charge in [0.05, 0.1) is 36.7 Å². The SMILES string of the molecule is CNCc1occc1Cn1cnc2cc(C)c(C)cc21. The van der Waals surface area contributed by atoms with Crippen molar-refractivity contribution in [3.05, 3.63) is 53.2 Å². The maximum Gasteiger partial charge on any atom is 0.122 e. The van der Waals surface area contributed by atoms with Gasteiger partial charge < -0.3 is 14.3 Å². The van der Waals surface area contributed by atoms with Gasteiger partial charge in [-0.05, 0) is 50.2 Å². The first-order chi connectivity index (χ1) is 9.69. The topological polar surface area (TPSA) is 43.0 Å². The van der Waals surface area contributed by atoms with Crippen molar-refractivity contribution >= 4 is 11.0 Å². The molecule has 4 heteroatoms. The highest BCUT2D eigenvalue weighted by molar-refractivity contribution is 5.77. The second-order valence-electron chi connectivity index (χ2n) is 5.20. The van der Waals surface area contributed by atoms with Gasteiger partial charge in [-0.25, -0.2) is 4.98 Å². The molecule has 2 heterocycles. The molecule has 20 heavy (non-hydrogen) atoms. The van der Waals surface area contributed by atoms with Gasteiger partial charge in [0.2, 0.25) is 0 Å². The van der Waals surface area contributed by atoms with Crippen LogP contribution in [0.5, 0.6) is 0 Å². The van der Waals surface area contributed by atoms with Crippen molar-refractivity contribution in [2.75, 3.05) is 7.05 Å². The summed E-state index contributed by atoms with van der Waals surface area (Å²) in [6.45, 7) is 5.78. The summed E-state index contributed by atoms with van der Waals surface area (Å²) >= 11 is 0. The number of fused-ring (bicyclic) bond motifs is 1. The van der Waals surface area contributed by atoms with E-state index in [1.54, 1.807) is 6.26 Å². The lowest BCUT2D eigenvalue weighted by molar-refractivity contribution is 0.489. The number of benzene rings is 1. The van der Waals surface area contributed by atoms with Crippen molar-refractivity contribution < 1.29 is 4.42 Å². The average Bonchev–Trinajstić information content (AvgIpc) is 3.00. The molecule has 0 bridgehead atoms. The highest BCUT2D eigenvalue weighted by atomic mass is 16.3. The van der Waals surface area contributed by atoms with Crippen LogP contribution in [0.15, 0.2) is 35.2 Å². The van der Waals surface area contributed by atoms with E-state index >= 15 is 0 Å². The van der Waals surface area contributed by atoms with Crippen LogP contribution in [0, 0.1) is 13.8 Å². The number of hydrogen-bond acceptors (Lipinski definition) is 3. The van der Waals surface area contributed by atoms with Crippen LogP contribution in [-0.2, 0) is 13.1 Å². The average molecular weight is 269 g/mol. The van der Waals surface area contributed by atoms with Gasteiger partial charge in [0.1, 0.15) is 5.76 Å². The molecule has 0 atom stereocenters. The van der Waals surface area contributed by atoms with Crippen molar-refractivity contribution in [1.82, 2.24) is 14.9 Å². The molecule has 0 aliphatic carbocycles. The Balaban J connectivity index is 1.98. The van der Waals surface area contributed by atoms with Crippen molar-refractivity contribution in [2.24, 2.45) is 0 Å². The number of imidazole rings is 1. The van der Waals surface area contributed by atoms with Gasteiger partial charge in [0.25, 0.3) is 0 Å². The standard InChI is InChI=1S/C16H19N3O/c1-11-6-14-15(7-12(11)2)19(10-18-14)9-13-4-5-20-16(13)8-17-3/h4-7,10,17H,8-9H2,1-3H3. The molecular formula is C16H19N3O. The number of nitrogens with one attached hydrogen (secondary N) is 1. The van der Waals surface area contributed by atoms with Gasteiger partial charge in [-0.1, -0.05) is 0 Å². The number of rotatable bonds is 4. The second-order valence-corrected chi connectivity index (χ2v) is 5.20. The summed E-state index contributed by atoms with van der Waals surface area (Å²) in [5.41, 5.74) is 5.98. The highest BCUT2D eigenvalue weighted by Crippen LogP contribution is 2.20. The molecule has 0 unspecified atom stereocenters. The Morgan fingerprint density at radius 2 is 2.05 bits per heavy atom. The number of aromatic nitrogens is 2. The van der Waals surface area contributed by atoms with E-state index in [0.717, 1.165) is 24.4 Å². The van der Waals surface area contributed by atoms with E-state index in [9.17, 15) is 0 Å². The summed E-state index contributed by atoms with van der Waals surface area (Å²) in [4.78, 5) is 4.49. The molecule has 1 aromatic carbocycles. The Morgan fingerprint density at radius 1 is 1.25 bits per heavy atom. The van der Waals surface area contributed by atoms with Crippen molar-refractivity contribution in [2.45, 2.75) is 26.9 Å². The molecule has 2 aromatic heterocycles. The van der Waals surface area contributed by atoms with E-state index in [1.807, 2.05) is 19.4 Å². The number of furan rings is 1. The Labute approximate surface area is 118 Å². The molecule has 0 aliphatic heterocycles. The molecule has 0 aliphatic rings. The van der Waals surface area contributed by atoms with Crippen LogP contribution in [0.2, 0.25) is 0 Å². The van der Waals surface area contributed by atoms with E-state index < -0.39 is 0 Å². The molecule has 3 rings (SSSR count). The molecule has 0 fully saturated rings. The van der Waals surface area contributed by atoms with E-state index in [4.69, 9.17) is 4.42 Å². The van der Waals surface area contributed by atoms with Crippen molar-refractivity contribution in [3.63, 3.8) is 0 Å². The van der Waals surface area contributed by atoms with Gasteiger partial charge in [0, 0.05) is 5.56 Å². The summed E-state index contributed by atoms with van der Waals surface area (Å²) < 4.78 is 7.68. The Kier molecular flexibility index (Phi) is 3.32. The fourth-order valence-corrected chi connectivity index (χ4v) is 2.45. The zero-order valence-electron chi connectivity index (χ0n) is 12.1. The van der Waals surface area contributed by atoms with Crippen LogP contribution in [0.3, 0.4) is 0 Å². The predicted molar refractivity (Wildman–Crippen MR) is 79.8 cm³/mol. The third kappa shape index (κ3) is 2.23. The molecule has 0 saturated carbocycles. The molecule has 1 N–H and O–H groups in total. The minimum atomic E-state index is 0.743. The summed E-state index contributed by atoms with van der Waals surface area (Å²) in [6, 6.07) is 6.38. The Bertz CT molecular complexity index is 739. The van der Waals surface area contributed by atoms with Crippen molar-refractivity contribution in [1.29, 1.82) is 0 Å². The highest BCUT2D eigenvalue weighted by Gasteiger charge is 2.09. The zero-order chi connectivity index (χ0) is 14.1. The molecular weight excluding hydrogens is 250 g/mol. The Morgan fingerprint density at radius 3 is 2.85 bits per heavy atom.